The minimum absolute atomic E-state index is 0.749. The van der Waals surface area contributed by atoms with Crippen molar-refractivity contribution in [2.24, 2.45) is 11.8 Å². The van der Waals surface area contributed by atoms with Crippen LogP contribution in [-0.4, -0.2) is 53.0 Å². The lowest BCUT2D eigenvalue weighted by atomic mass is 10.0. The second-order valence-electron chi connectivity index (χ2n) is 7.16. The van der Waals surface area contributed by atoms with E-state index in [1.807, 2.05) is 6.20 Å². The first-order chi connectivity index (χ1) is 9.52. The first-order valence-electron chi connectivity index (χ1n) is 7.90. The van der Waals surface area contributed by atoms with Gasteiger partial charge in [-0.25, -0.2) is 4.98 Å². The molecule has 4 atom stereocenters. The molecule has 0 amide bonds. The first-order valence-corrected chi connectivity index (χ1v) is 7.90. The summed E-state index contributed by atoms with van der Waals surface area (Å²) in [7, 11) is 6.72. The Morgan fingerprint density at radius 3 is 2.20 bits per heavy atom. The van der Waals surface area contributed by atoms with Crippen LogP contribution in [0.15, 0.2) is 6.20 Å². The summed E-state index contributed by atoms with van der Waals surface area (Å²) < 4.78 is 0. The highest BCUT2D eigenvalue weighted by atomic mass is 15.2. The summed E-state index contributed by atoms with van der Waals surface area (Å²) in [6, 6.07) is 1.57. The van der Waals surface area contributed by atoms with Crippen molar-refractivity contribution in [3.63, 3.8) is 0 Å². The molecule has 112 valence electrons. The van der Waals surface area contributed by atoms with Crippen LogP contribution < -0.4 is 0 Å². The third-order valence-corrected chi connectivity index (χ3v) is 5.47. The topological polar surface area (TPSA) is 35.2 Å². The fourth-order valence-electron chi connectivity index (χ4n) is 4.25. The van der Waals surface area contributed by atoms with Gasteiger partial charge in [-0.1, -0.05) is 0 Å². The van der Waals surface area contributed by atoms with Crippen molar-refractivity contribution >= 4 is 0 Å². The molecule has 2 unspecified atom stereocenters. The number of fused-ring (bicyclic) bond motifs is 1. The van der Waals surface area contributed by atoms with Crippen LogP contribution in [-0.2, 0) is 6.54 Å². The quantitative estimate of drug-likeness (QED) is 0.916. The molecule has 1 heterocycles. The molecule has 1 N–H and O–H groups in total. The van der Waals surface area contributed by atoms with Crippen molar-refractivity contribution < 1.29 is 0 Å². The van der Waals surface area contributed by atoms with Crippen LogP contribution in [0.5, 0.6) is 0 Å². The van der Waals surface area contributed by atoms with Gasteiger partial charge < -0.3 is 9.88 Å². The van der Waals surface area contributed by atoms with Crippen LogP contribution in [0.3, 0.4) is 0 Å². The van der Waals surface area contributed by atoms with Crippen molar-refractivity contribution in [3.8, 4) is 0 Å². The molecular weight excluding hydrogens is 248 g/mol. The zero-order chi connectivity index (χ0) is 14.3. The monoisotopic (exact) mass is 276 g/mol. The Labute approximate surface area is 122 Å². The van der Waals surface area contributed by atoms with Gasteiger partial charge in [-0.2, -0.15) is 0 Å². The predicted octanol–water partition coefficient (Wildman–Crippen LogP) is 2.27. The first kappa shape index (κ1) is 14.1. The van der Waals surface area contributed by atoms with Gasteiger partial charge in [-0.3, -0.25) is 4.90 Å². The van der Waals surface area contributed by atoms with Gasteiger partial charge in [0.25, 0.3) is 0 Å². The van der Waals surface area contributed by atoms with Gasteiger partial charge in [-0.05, 0) is 65.6 Å². The summed E-state index contributed by atoms with van der Waals surface area (Å²) in [4.78, 5) is 12.7. The van der Waals surface area contributed by atoms with E-state index in [0.29, 0.717) is 0 Å². The largest absolute Gasteiger partial charge is 0.345 e. The third kappa shape index (κ3) is 2.77. The summed E-state index contributed by atoms with van der Waals surface area (Å²) >= 11 is 0. The van der Waals surface area contributed by atoms with E-state index in [-0.39, 0.29) is 0 Å². The van der Waals surface area contributed by atoms with Gasteiger partial charge in [0.15, 0.2) is 0 Å². The lowest BCUT2D eigenvalue weighted by molar-refractivity contribution is 0.208. The summed E-state index contributed by atoms with van der Waals surface area (Å²) in [5.74, 6) is 3.01. The molecule has 1 aromatic heterocycles. The Kier molecular flexibility index (Phi) is 3.87. The van der Waals surface area contributed by atoms with Crippen LogP contribution in [0.2, 0.25) is 0 Å². The smallest absolute Gasteiger partial charge is 0.120 e. The molecule has 20 heavy (non-hydrogen) atoms. The van der Waals surface area contributed by atoms with Crippen LogP contribution >= 0.6 is 0 Å². The lowest BCUT2D eigenvalue weighted by Crippen LogP contribution is -2.31. The Morgan fingerprint density at radius 1 is 1.10 bits per heavy atom. The molecule has 1 aromatic rings. The maximum Gasteiger partial charge on any atom is 0.120 e. The number of hydrogen-bond acceptors (Lipinski definition) is 3. The predicted molar refractivity (Wildman–Crippen MR) is 81.5 cm³/mol. The van der Waals surface area contributed by atoms with E-state index in [1.165, 1.54) is 25.7 Å². The minimum Gasteiger partial charge on any atom is -0.345 e. The normalized spacial score (nSPS) is 33.3. The molecule has 4 heteroatoms. The molecule has 0 spiro atoms. The zero-order valence-electron chi connectivity index (χ0n) is 13.3. The van der Waals surface area contributed by atoms with Crippen LogP contribution in [0.1, 0.15) is 37.2 Å². The Bertz CT molecular complexity index is 439. The number of H-pyrrole nitrogens is 1. The Morgan fingerprint density at radius 2 is 1.70 bits per heavy atom. The average molecular weight is 276 g/mol. The summed E-state index contributed by atoms with van der Waals surface area (Å²) in [5, 5.41) is 0. The zero-order valence-corrected chi connectivity index (χ0v) is 13.3. The van der Waals surface area contributed by atoms with Gasteiger partial charge >= 0.3 is 0 Å². The standard InChI is InChI=1S/C16H28N4/c1-11-9-17-16(18-11)10-20(4)15-7-12-5-14(19(2)3)6-13(12)8-15/h9,12-15H,5-8,10H2,1-4H3,(H,17,18)/t12-,13+,14?,15?. The van der Waals surface area contributed by atoms with E-state index in [9.17, 15) is 0 Å². The highest BCUT2D eigenvalue weighted by Gasteiger charge is 2.43. The van der Waals surface area contributed by atoms with Crippen molar-refractivity contribution in [1.29, 1.82) is 0 Å². The SMILES string of the molecule is Cc1cnc(CN(C)C2C[C@H]3CC(N(C)C)C[C@H]3C2)[nH]1. The molecular formula is C16H28N4. The second kappa shape index (κ2) is 5.49. The van der Waals surface area contributed by atoms with Gasteiger partial charge in [0, 0.05) is 24.0 Å². The van der Waals surface area contributed by atoms with Crippen LogP contribution in [0, 0.1) is 18.8 Å². The van der Waals surface area contributed by atoms with E-state index in [0.717, 1.165) is 42.0 Å². The van der Waals surface area contributed by atoms with Gasteiger partial charge in [0.1, 0.15) is 5.82 Å². The second-order valence-corrected chi connectivity index (χ2v) is 7.16. The number of nitrogens with zero attached hydrogens (tertiary/aromatic N) is 3. The summed E-state index contributed by atoms with van der Waals surface area (Å²) in [6.07, 6.45) is 7.49. The number of aryl methyl sites for hydroxylation is 1. The highest BCUT2D eigenvalue weighted by Crippen LogP contribution is 2.46. The summed E-state index contributed by atoms with van der Waals surface area (Å²) in [6.45, 7) is 3.02. The Balaban J connectivity index is 1.54. The number of rotatable bonds is 4. The lowest BCUT2D eigenvalue weighted by Gasteiger charge is -2.26. The fourth-order valence-corrected chi connectivity index (χ4v) is 4.25. The maximum atomic E-state index is 4.43. The van der Waals surface area contributed by atoms with E-state index in [1.54, 1.807) is 0 Å². The molecule has 2 fully saturated rings. The Hall–Kier alpha value is -0.870. The van der Waals surface area contributed by atoms with Crippen molar-refractivity contribution in [1.82, 2.24) is 19.8 Å². The number of aromatic nitrogens is 2. The van der Waals surface area contributed by atoms with Crippen LogP contribution in [0.4, 0.5) is 0 Å². The van der Waals surface area contributed by atoms with E-state index >= 15 is 0 Å². The number of nitrogens with one attached hydrogen (secondary N) is 1. The van der Waals surface area contributed by atoms with Crippen molar-refractivity contribution in [2.45, 2.75) is 51.2 Å². The fraction of sp³-hybridized carbons (Fsp3) is 0.812. The van der Waals surface area contributed by atoms with Crippen molar-refractivity contribution in [2.75, 3.05) is 21.1 Å². The average Bonchev–Trinajstić information content (AvgIpc) is 3.02. The molecule has 0 aliphatic heterocycles. The molecule has 0 radical (unpaired) electrons. The highest BCUT2D eigenvalue weighted by molar-refractivity contribution is 5.00. The van der Waals surface area contributed by atoms with Crippen molar-refractivity contribution in [3.05, 3.63) is 17.7 Å². The molecule has 2 aliphatic rings. The van der Waals surface area contributed by atoms with Gasteiger partial charge in [0.05, 0.1) is 6.54 Å². The number of aromatic amines is 1. The molecule has 2 saturated carbocycles. The maximum absolute atomic E-state index is 4.43. The molecule has 0 bridgehead atoms. The summed E-state index contributed by atoms with van der Waals surface area (Å²) in [5.41, 5.74) is 1.16. The number of imidazole rings is 1. The van der Waals surface area contributed by atoms with E-state index in [2.05, 4.69) is 47.8 Å². The van der Waals surface area contributed by atoms with Crippen LogP contribution in [0.25, 0.3) is 0 Å². The minimum atomic E-state index is 0.749. The molecule has 2 aliphatic carbocycles. The third-order valence-electron chi connectivity index (χ3n) is 5.47. The molecule has 3 rings (SSSR count). The molecule has 4 nitrogen and oxygen atoms in total. The molecule has 0 aromatic carbocycles. The number of hydrogen-bond donors (Lipinski definition) is 1. The van der Waals surface area contributed by atoms with E-state index < -0.39 is 0 Å². The van der Waals surface area contributed by atoms with E-state index in [4.69, 9.17) is 0 Å². The van der Waals surface area contributed by atoms with Gasteiger partial charge in [0.2, 0.25) is 0 Å². The van der Waals surface area contributed by atoms with Gasteiger partial charge in [-0.15, -0.1) is 0 Å². The molecule has 0 saturated heterocycles.